The second-order valence-corrected chi connectivity index (χ2v) is 8.24. The Balaban J connectivity index is 1.54. The monoisotopic (exact) mass is 424 g/mol. The molecule has 1 aliphatic heterocycles. The van der Waals surface area contributed by atoms with Crippen LogP contribution in [0.1, 0.15) is 35.5 Å². The van der Waals surface area contributed by atoms with Gasteiger partial charge in [0.1, 0.15) is 0 Å². The molecule has 0 spiro atoms. The third-order valence-electron chi connectivity index (χ3n) is 5.00. The van der Waals surface area contributed by atoms with Crippen molar-refractivity contribution in [3.05, 3.63) is 94.8 Å². The summed E-state index contributed by atoms with van der Waals surface area (Å²) in [6, 6.07) is 20.6. The highest BCUT2D eigenvalue weighted by atomic mass is 32.2. The summed E-state index contributed by atoms with van der Waals surface area (Å²) in [6.07, 6.45) is 1.33. The van der Waals surface area contributed by atoms with Crippen molar-refractivity contribution in [2.75, 3.05) is 11.5 Å². The number of hydrogen-bond acceptors (Lipinski definition) is 6. The number of aromatic nitrogens is 1. The molecule has 3 aromatic rings. The highest BCUT2D eigenvalue weighted by molar-refractivity contribution is 7.99. The van der Waals surface area contributed by atoms with E-state index < -0.39 is 6.29 Å². The maximum atomic E-state index is 12.0. The molecule has 1 aliphatic rings. The van der Waals surface area contributed by atoms with Gasteiger partial charge in [0.25, 0.3) is 5.03 Å². The molecule has 0 aliphatic carbocycles. The predicted molar refractivity (Wildman–Crippen MR) is 115 cm³/mol. The van der Waals surface area contributed by atoms with Crippen molar-refractivity contribution in [2.45, 2.75) is 36.6 Å². The number of nitrogens with zero attached hydrogens (tertiary/aromatic N) is 1. The van der Waals surface area contributed by atoms with Gasteiger partial charge in [-0.3, -0.25) is 0 Å². The average Bonchev–Trinajstić information content (AvgIpc) is 2.78. The minimum absolute atomic E-state index is 0.00632. The lowest BCUT2D eigenvalue weighted by Gasteiger charge is -2.36. The normalized spacial score (nSPS) is 21.4. The summed E-state index contributed by atoms with van der Waals surface area (Å²) in [6.45, 7) is 0.00632. The largest absolute Gasteiger partial charge is 0.618 e. The molecule has 30 heavy (non-hydrogen) atoms. The van der Waals surface area contributed by atoms with Gasteiger partial charge in [-0.25, -0.2) is 0 Å². The second kappa shape index (κ2) is 9.49. The molecule has 1 unspecified atom stereocenters. The molecule has 3 N–H and O–H groups in total. The van der Waals surface area contributed by atoms with Gasteiger partial charge in [-0.05, 0) is 29.3 Å². The lowest BCUT2D eigenvalue weighted by Crippen LogP contribution is -2.32. The number of benzene rings is 2. The van der Waals surface area contributed by atoms with Gasteiger partial charge < -0.3 is 25.5 Å². The van der Waals surface area contributed by atoms with Gasteiger partial charge in [-0.15, -0.1) is 0 Å². The lowest BCUT2D eigenvalue weighted by atomic mass is 10.0. The molecule has 1 aromatic heterocycles. The summed E-state index contributed by atoms with van der Waals surface area (Å²) in [5.41, 5.74) is 9.35. The van der Waals surface area contributed by atoms with Crippen molar-refractivity contribution in [2.24, 2.45) is 0 Å². The number of nitrogen functional groups attached to an aromatic ring is 1. The van der Waals surface area contributed by atoms with Gasteiger partial charge in [0.15, 0.2) is 12.5 Å². The number of thioether (sulfide) groups is 1. The molecule has 7 heteroatoms. The quantitative estimate of drug-likeness (QED) is 0.271. The predicted octanol–water partition coefficient (Wildman–Crippen LogP) is 3.73. The van der Waals surface area contributed by atoms with Crippen LogP contribution in [-0.4, -0.2) is 17.0 Å². The van der Waals surface area contributed by atoms with Crippen molar-refractivity contribution in [3.8, 4) is 0 Å². The Morgan fingerprint density at radius 1 is 1.03 bits per heavy atom. The maximum absolute atomic E-state index is 12.0. The zero-order chi connectivity index (χ0) is 20.9. The van der Waals surface area contributed by atoms with Gasteiger partial charge in [0.2, 0.25) is 0 Å². The molecule has 1 fully saturated rings. The van der Waals surface area contributed by atoms with Crippen molar-refractivity contribution < 1.29 is 19.3 Å². The highest BCUT2D eigenvalue weighted by Gasteiger charge is 2.32. The van der Waals surface area contributed by atoms with E-state index in [9.17, 15) is 10.3 Å². The molecular weight excluding hydrogens is 400 g/mol. The lowest BCUT2D eigenvalue weighted by molar-refractivity contribution is -0.645. The number of aliphatic hydroxyl groups excluding tert-OH is 1. The van der Waals surface area contributed by atoms with Crippen molar-refractivity contribution in [3.63, 3.8) is 0 Å². The first-order chi connectivity index (χ1) is 14.6. The Labute approximate surface area is 179 Å². The van der Waals surface area contributed by atoms with E-state index >= 15 is 0 Å². The van der Waals surface area contributed by atoms with E-state index in [0.717, 1.165) is 21.4 Å². The fourth-order valence-electron chi connectivity index (χ4n) is 3.43. The van der Waals surface area contributed by atoms with Crippen LogP contribution >= 0.6 is 11.8 Å². The van der Waals surface area contributed by atoms with Crippen molar-refractivity contribution in [1.29, 1.82) is 0 Å². The Bertz CT molecular complexity index is 983. The van der Waals surface area contributed by atoms with Crippen LogP contribution in [0.4, 0.5) is 5.69 Å². The van der Waals surface area contributed by atoms with Crippen molar-refractivity contribution >= 4 is 17.4 Å². The summed E-state index contributed by atoms with van der Waals surface area (Å²) in [4.78, 5) is 0. The number of anilines is 1. The van der Waals surface area contributed by atoms with Gasteiger partial charge in [0, 0.05) is 35.6 Å². The number of nitrogens with two attached hydrogens (primary N) is 1. The zero-order valence-electron chi connectivity index (χ0n) is 16.4. The molecule has 156 valence electrons. The number of aliphatic hydroxyl groups is 1. The Morgan fingerprint density at radius 2 is 1.87 bits per heavy atom. The summed E-state index contributed by atoms with van der Waals surface area (Å²) in [5, 5.41) is 21.9. The van der Waals surface area contributed by atoms with Crippen LogP contribution in [0.3, 0.4) is 0 Å². The molecule has 2 heterocycles. The second-order valence-electron chi connectivity index (χ2n) is 7.20. The zero-order valence-corrected chi connectivity index (χ0v) is 17.2. The summed E-state index contributed by atoms with van der Waals surface area (Å²) in [7, 11) is 0. The third kappa shape index (κ3) is 4.94. The molecular formula is C23H24N2O4S. The van der Waals surface area contributed by atoms with E-state index in [2.05, 4.69) is 0 Å². The highest BCUT2D eigenvalue weighted by Crippen LogP contribution is 2.39. The molecule has 0 amide bonds. The van der Waals surface area contributed by atoms with E-state index in [-0.39, 0.29) is 18.8 Å². The first kappa shape index (κ1) is 20.7. The van der Waals surface area contributed by atoms with Crippen LogP contribution in [0.5, 0.6) is 0 Å². The van der Waals surface area contributed by atoms with Crippen molar-refractivity contribution in [1.82, 2.24) is 0 Å². The Morgan fingerprint density at radius 3 is 2.60 bits per heavy atom. The van der Waals surface area contributed by atoms with Crippen LogP contribution in [-0.2, 0) is 16.1 Å². The number of hydrogen-bond donors (Lipinski definition) is 2. The SMILES string of the molecule is Nc1cccc(C2O[C@H](CSc3cccc[n+]3[O-])C[C@H](c3ccc(CO)cc3)O2)c1. The topological polar surface area (TPSA) is 91.7 Å². The van der Waals surface area contributed by atoms with E-state index in [4.69, 9.17) is 15.2 Å². The van der Waals surface area contributed by atoms with Gasteiger partial charge in [0.05, 0.1) is 18.8 Å². The van der Waals surface area contributed by atoms with E-state index in [1.807, 2.05) is 54.6 Å². The smallest absolute Gasteiger partial charge is 0.251 e. The van der Waals surface area contributed by atoms with Gasteiger partial charge >= 0.3 is 0 Å². The van der Waals surface area contributed by atoms with Gasteiger partial charge in [-0.1, -0.05) is 48.2 Å². The Kier molecular flexibility index (Phi) is 6.54. The molecule has 0 saturated carbocycles. The minimum Gasteiger partial charge on any atom is -0.618 e. The first-order valence-electron chi connectivity index (χ1n) is 9.79. The van der Waals surface area contributed by atoms with Crippen LogP contribution in [0.2, 0.25) is 0 Å². The standard InChI is InChI=1S/C23H24N2O4S/c24-19-5-3-4-18(12-19)23-28-20(15-30-22-6-1-2-11-25(22)27)13-21(29-23)17-9-7-16(14-26)8-10-17/h1-12,20-21,23,26H,13-15,24H2/t20-,21+,23?/m0/s1. The van der Waals surface area contributed by atoms with E-state index in [0.29, 0.717) is 22.9 Å². The number of ether oxygens (including phenoxy) is 2. The van der Waals surface area contributed by atoms with E-state index in [1.165, 1.54) is 18.0 Å². The average molecular weight is 425 g/mol. The number of rotatable bonds is 6. The maximum Gasteiger partial charge on any atom is 0.251 e. The minimum atomic E-state index is -0.550. The molecule has 6 nitrogen and oxygen atoms in total. The third-order valence-corrected chi connectivity index (χ3v) is 6.15. The molecule has 3 atom stereocenters. The molecule has 1 saturated heterocycles. The Hall–Kier alpha value is -2.58. The van der Waals surface area contributed by atoms with Crippen LogP contribution in [0, 0.1) is 5.21 Å². The van der Waals surface area contributed by atoms with Crippen LogP contribution < -0.4 is 10.5 Å². The molecule has 0 bridgehead atoms. The fourth-order valence-corrected chi connectivity index (χ4v) is 4.37. The fraction of sp³-hybridized carbons (Fsp3) is 0.261. The van der Waals surface area contributed by atoms with Crippen LogP contribution in [0.25, 0.3) is 0 Å². The molecule has 0 radical (unpaired) electrons. The summed E-state index contributed by atoms with van der Waals surface area (Å²) in [5.74, 6) is 0.625. The molecule has 2 aromatic carbocycles. The van der Waals surface area contributed by atoms with E-state index in [1.54, 1.807) is 12.1 Å². The van der Waals surface area contributed by atoms with Gasteiger partial charge in [-0.2, -0.15) is 4.73 Å². The molecule has 4 rings (SSSR count). The summed E-state index contributed by atoms with van der Waals surface area (Å²) < 4.78 is 13.4. The summed E-state index contributed by atoms with van der Waals surface area (Å²) >= 11 is 1.47. The number of pyridine rings is 1. The first-order valence-corrected chi connectivity index (χ1v) is 10.8. The van der Waals surface area contributed by atoms with Crippen LogP contribution in [0.15, 0.2) is 78.0 Å².